The number of unbranched alkanes of at least 4 members (excludes halogenated alkanes) is 2. The number of hydrogen-bond donors (Lipinski definition) is 4. The minimum absolute atomic E-state index is 0. The van der Waals surface area contributed by atoms with Crippen molar-refractivity contribution >= 4 is 40.5 Å². The summed E-state index contributed by atoms with van der Waals surface area (Å²) in [5.41, 5.74) is 0. The Balaban J connectivity index is -0.000000558. The zero-order valence-corrected chi connectivity index (χ0v) is 33.5. The largest absolute Gasteiger partial charge is 0.481 e. The molecule has 0 amide bonds. The third-order valence-corrected chi connectivity index (χ3v) is 6.26. The summed E-state index contributed by atoms with van der Waals surface area (Å²) in [5.74, 6) is -4.30. The average molecular weight is 815 g/mol. The fourth-order valence-corrected chi connectivity index (χ4v) is 4.27. The van der Waals surface area contributed by atoms with Crippen LogP contribution >= 0.6 is 0 Å². The third-order valence-electron chi connectivity index (χ3n) is 6.26. The zero-order valence-electron chi connectivity index (χ0n) is 27.9. The van der Waals surface area contributed by atoms with E-state index in [1.807, 2.05) is 53.1 Å². The van der Waals surface area contributed by atoms with Crippen LogP contribution in [0.5, 0.6) is 0 Å². The van der Waals surface area contributed by atoms with Crippen LogP contribution in [0, 0.1) is 23.7 Å². The molecule has 0 aromatic heterocycles. The fourth-order valence-electron chi connectivity index (χ4n) is 4.27. The van der Waals surface area contributed by atoms with Crippen molar-refractivity contribution in [1.82, 2.24) is 0 Å². The molecule has 2 aliphatic carbocycles. The van der Waals surface area contributed by atoms with Crippen molar-refractivity contribution in [2.45, 2.75) is 130 Å². The van der Waals surface area contributed by atoms with E-state index < -0.39 is 52.2 Å². The molecule has 0 radical (unpaired) electrons. The second-order valence-electron chi connectivity index (χ2n) is 13.1. The molecule has 0 aromatic rings. The molecule has 0 saturated heterocycles. The smallest absolute Gasteiger partial charge is 0.309 e. The molecule has 0 bridgehead atoms. The summed E-state index contributed by atoms with van der Waals surface area (Å²) < 4.78 is 10.2. The summed E-state index contributed by atoms with van der Waals surface area (Å²) >= 11 is 0. The van der Waals surface area contributed by atoms with E-state index in [1.165, 1.54) is 0 Å². The quantitative estimate of drug-likeness (QED) is 0.116. The van der Waals surface area contributed by atoms with Crippen LogP contribution in [-0.2, 0) is 54.5 Å². The SMILES string of the molecule is CCCCOC(=O)C1CCCCC1C(=O)O.CCCCOC(=O)C1CCCCC1C(=O)O.C[Si](C)(C)O.C[Si](C)(C)O.[Hf]. The van der Waals surface area contributed by atoms with Crippen LogP contribution in [0.3, 0.4) is 0 Å². The Morgan fingerprint density at radius 3 is 1.02 bits per heavy atom. The van der Waals surface area contributed by atoms with E-state index >= 15 is 0 Å². The van der Waals surface area contributed by atoms with Crippen molar-refractivity contribution in [1.29, 1.82) is 0 Å². The topological polar surface area (TPSA) is 168 Å². The normalized spacial score (nSPS) is 21.4. The average Bonchev–Trinajstić information content (AvgIpc) is 2.87. The van der Waals surface area contributed by atoms with Crippen LogP contribution in [0.15, 0.2) is 0 Å². The minimum atomic E-state index is -1.61. The molecule has 2 rings (SSSR count). The second kappa shape index (κ2) is 25.3. The molecule has 2 fully saturated rings. The number of carboxylic acid groups (broad SMARTS) is 2. The van der Waals surface area contributed by atoms with Crippen molar-refractivity contribution in [2.75, 3.05) is 13.2 Å². The number of ether oxygens (including phenoxy) is 2. The van der Waals surface area contributed by atoms with E-state index in [2.05, 4.69) is 0 Å². The molecule has 4 unspecified atom stereocenters. The summed E-state index contributed by atoms with van der Waals surface area (Å²) in [5, 5.41) is 18.0. The first-order valence-electron chi connectivity index (χ1n) is 15.6. The van der Waals surface area contributed by atoms with Crippen molar-refractivity contribution in [3.63, 3.8) is 0 Å². The monoisotopic (exact) mass is 816 g/mol. The Bertz CT molecular complexity index is 708. The molecule has 2 saturated carbocycles. The number of rotatable bonds is 10. The van der Waals surface area contributed by atoms with Crippen molar-refractivity contribution in [3.8, 4) is 0 Å². The molecule has 0 spiro atoms. The van der Waals surface area contributed by atoms with E-state index in [1.54, 1.807) is 0 Å². The molecule has 4 atom stereocenters. The second-order valence-corrected chi connectivity index (χ2v) is 21.7. The molecule has 10 nitrogen and oxygen atoms in total. The predicted octanol–water partition coefficient (Wildman–Crippen LogP) is 6.07. The van der Waals surface area contributed by atoms with Gasteiger partial charge in [-0.25, -0.2) is 0 Å². The molecular formula is C30H60HfO10Si2. The Morgan fingerprint density at radius 2 is 0.814 bits per heavy atom. The first-order valence-corrected chi connectivity index (χ1v) is 22.5. The number of carbonyl (C=O) groups excluding carboxylic acids is 2. The predicted molar refractivity (Wildman–Crippen MR) is 169 cm³/mol. The molecule has 43 heavy (non-hydrogen) atoms. The van der Waals surface area contributed by atoms with Gasteiger partial charge in [0.05, 0.1) is 36.9 Å². The van der Waals surface area contributed by atoms with Crippen LogP contribution in [0.25, 0.3) is 0 Å². The van der Waals surface area contributed by atoms with Gasteiger partial charge in [0.25, 0.3) is 0 Å². The number of aliphatic carboxylic acids is 2. The van der Waals surface area contributed by atoms with Gasteiger partial charge in [-0.15, -0.1) is 0 Å². The summed E-state index contributed by atoms with van der Waals surface area (Å²) in [6, 6.07) is 0. The third kappa shape index (κ3) is 28.3. The van der Waals surface area contributed by atoms with E-state index in [4.69, 9.17) is 29.3 Å². The van der Waals surface area contributed by atoms with Gasteiger partial charge in [-0.1, -0.05) is 52.4 Å². The summed E-state index contributed by atoms with van der Waals surface area (Å²) in [6.45, 7) is 16.2. The molecule has 4 N–H and O–H groups in total. The summed E-state index contributed by atoms with van der Waals surface area (Å²) in [4.78, 5) is 62.7. The Labute approximate surface area is 280 Å². The van der Waals surface area contributed by atoms with Gasteiger partial charge in [0.15, 0.2) is 16.6 Å². The standard InChI is InChI=1S/2C12H20O4.2C3H10OSi.Hf/c2*1-2-3-8-16-12(15)10-7-5-4-6-9(10)11(13)14;2*1-5(2,3)4;/h2*9-10H,2-8H2,1H3,(H,13,14);2*4H,1-3H3;. The first-order chi connectivity index (χ1) is 19.3. The van der Waals surface area contributed by atoms with Gasteiger partial charge in [-0.05, 0) is 77.8 Å². The molecule has 252 valence electrons. The number of hydrogen-bond acceptors (Lipinski definition) is 8. The Morgan fingerprint density at radius 1 is 0.581 bits per heavy atom. The van der Waals surface area contributed by atoms with Crippen LogP contribution in [0.2, 0.25) is 39.3 Å². The number of carboxylic acids is 2. The molecule has 2 aliphatic rings. The van der Waals surface area contributed by atoms with Gasteiger partial charge in [-0.2, -0.15) is 0 Å². The van der Waals surface area contributed by atoms with Gasteiger partial charge in [0.1, 0.15) is 0 Å². The minimum Gasteiger partial charge on any atom is -0.481 e. The van der Waals surface area contributed by atoms with Crippen LogP contribution in [-0.4, -0.2) is 73.5 Å². The molecule has 13 heteroatoms. The van der Waals surface area contributed by atoms with Crippen LogP contribution in [0.4, 0.5) is 0 Å². The van der Waals surface area contributed by atoms with E-state index in [0.29, 0.717) is 38.9 Å². The van der Waals surface area contributed by atoms with Crippen LogP contribution < -0.4 is 0 Å². The number of carbonyl (C=O) groups is 4. The van der Waals surface area contributed by atoms with E-state index in [0.717, 1.165) is 51.4 Å². The van der Waals surface area contributed by atoms with Crippen molar-refractivity contribution < 1.29 is 74.3 Å². The maximum Gasteiger partial charge on any atom is 0.309 e. The van der Waals surface area contributed by atoms with Gasteiger partial charge < -0.3 is 29.3 Å². The van der Waals surface area contributed by atoms with Crippen molar-refractivity contribution in [2.24, 2.45) is 23.7 Å². The molecular weight excluding hydrogens is 755 g/mol. The van der Waals surface area contributed by atoms with E-state index in [9.17, 15) is 19.2 Å². The Hall–Kier alpha value is -0.896. The summed E-state index contributed by atoms with van der Waals surface area (Å²) in [7, 11) is -3.22. The van der Waals surface area contributed by atoms with Gasteiger partial charge in [0, 0.05) is 25.8 Å². The maximum absolute atomic E-state index is 11.7. The molecule has 0 heterocycles. The van der Waals surface area contributed by atoms with Gasteiger partial charge >= 0.3 is 23.9 Å². The van der Waals surface area contributed by atoms with Gasteiger partial charge in [-0.3, -0.25) is 19.2 Å². The zero-order chi connectivity index (χ0) is 32.9. The number of esters is 2. The van der Waals surface area contributed by atoms with Crippen molar-refractivity contribution in [3.05, 3.63) is 0 Å². The first kappa shape index (κ1) is 46.5. The fraction of sp³-hybridized carbons (Fsp3) is 0.867. The Kier molecular flexibility index (Phi) is 27.4. The van der Waals surface area contributed by atoms with Gasteiger partial charge in [0.2, 0.25) is 0 Å². The molecule has 0 aliphatic heterocycles. The summed E-state index contributed by atoms with van der Waals surface area (Å²) in [6.07, 6.45) is 9.79. The maximum atomic E-state index is 11.7. The van der Waals surface area contributed by atoms with Crippen LogP contribution in [0.1, 0.15) is 90.9 Å². The van der Waals surface area contributed by atoms with E-state index in [-0.39, 0.29) is 37.8 Å². The molecule has 0 aromatic carbocycles.